The van der Waals surface area contributed by atoms with Crippen molar-refractivity contribution < 1.29 is 0 Å². The molecule has 1 aromatic carbocycles. The van der Waals surface area contributed by atoms with E-state index in [2.05, 4.69) is 56.0 Å². The molecule has 1 aromatic rings. The first-order chi connectivity index (χ1) is 10.7. The standard InChI is InChI=1S/C21H25N/c1-5-8-9-18-10-12-19(13-11-18)14-15-20(6-2)17(4)21(7-3)16-22/h6-7,10-15H,3,5,8-9H2,1-2,4H3/b15-14+,20-6-,21-17+. The summed E-state index contributed by atoms with van der Waals surface area (Å²) < 4.78 is 0. The smallest absolute Gasteiger partial charge is 0.0994 e. The molecule has 114 valence electrons. The monoisotopic (exact) mass is 291 g/mol. The summed E-state index contributed by atoms with van der Waals surface area (Å²) in [5, 5.41) is 9.10. The van der Waals surface area contributed by atoms with E-state index in [0.29, 0.717) is 5.57 Å². The van der Waals surface area contributed by atoms with Gasteiger partial charge in [-0.3, -0.25) is 0 Å². The van der Waals surface area contributed by atoms with Crippen LogP contribution in [0.2, 0.25) is 0 Å². The quantitative estimate of drug-likeness (QED) is 0.445. The Morgan fingerprint density at radius 1 is 1.27 bits per heavy atom. The van der Waals surface area contributed by atoms with Gasteiger partial charge in [-0.25, -0.2) is 0 Å². The van der Waals surface area contributed by atoms with Crippen LogP contribution in [0.3, 0.4) is 0 Å². The third-order valence-electron chi connectivity index (χ3n) is 3.73. The molecule has 0 aliphatic heterocycles. The van der Waals surface area contributed by atoms with Crippen molar-refractivity contribution in [2.75, 3.05) is 0 Å². The topological polar surface area (TPSA) is 23.8 Å². The SMILES string of the molecule is C=C\C(C#N)=C(C)/C(=C\C)/C=C/c1ccc(CCCC)cc1. The van der Waals surface area contributed by atoms with E-state index < -0.39 is 0 Å². The Morgan fingerprint density at radius 3 is 2.45 bits per heavy atom. The summed E-state index contributed by atoms with van der Waals surface area (Å²) >= 11 is 0. The maximum atomic E-state index is 9.10. The number of hydrogen-bond acceptors (Lipinski definition) is 1. The summed E-state index contributed by atoms with van der Waals surface area (Å²) in [6, 6.07) is 10.9. The Labute approximate surface area is 135 Å². The van der Waals surface area contributed by atoms with E-state index >= 15 is 0 Å². The predicted octanol–water partition coefficient (Wildman–Crippen LogP) is 6.01. The van der Waals surface area contributed by atoms with Crippen molar-refractivity contribution in [2.45, 2.75) is 40.0 Å². The van der Waals surface area contributed by atoms with Crippen LogP contribution in [0.5, 0.6) is 0 Å². The minimum absolute atomic E-state index is 0.618. The number of rotatable bonds is 7. The van der Waals surface area contributed by atoms with Gasteiger partial charge < -0.3 is 0 Å². The van der Waals surface area contributed by atoms with Crippen LogP contribution in [-0.2, 0) is 6.42 Å². The number of nitrogens with zero attached hydrogens (tertiary/aromatic N) is 1. The first-order valence-electron chi connectivity index (χ1n) is 7.83. The molecule has 0 heterocycles. The molecule has 1 rings (SSSR count). The Hall–Kier alpha value is -2.33. The van der Waals surface area contributed by atoms with E-state index in [-0.39, 0.29) is 0 Å². The molecule has 0 saturated heterocycles. The van der Waals surface area contributed by atoms with Crippen molar-refractivity contribution in [3.63, 3.8) is 0 Å². The summed E-state index contributed by atoms with van der Waals surface area (Å²) in [6.45, 7) is 9.84. The second-order valence-corrected chi connectivity index (χ2v) is 5.28. The normalized spacial score (nSPS) is 12.9. The Balaban J connectivity index is 2.88. The van der Waals surface area contributed by atoms with Gasteiger partial charge in [0.1, 0.15) is 0 Å². The molecule has 0 radical (unpaired) electrons. The highest BCUT2D eigenvalue weighted by atomic mass is 14.2. The van der Waals surface area contributed by atoms with Gasteiger partial charge in [0, 0.05) is 0 Å². The predicted molar refractivity (Wildman–Crippen MR) is 96.4 cm³/mol. The zero-order valence-electron chi connectivity index (χ0n) is 13.9. The summed E-state index contributed by atoms with van der Waals surface area (Å²) in [5.41, 5.74) is 5.18. The highest BCUT2D eigenvalue weighted by molar-refractivity contribution is 5.59. The van der Waals surface area contributed by atoms with Crippen LogP contribution in [-0.4, -0.2) is 0 Å². The molecule has 0 aromatic heterocycles. The van der Waals surface area contributed by atoms with Crippen LogP contribution in [0, 0.1) is 11.3 Å². The van der Waals surface area contributed by atoms with Gasteiger partial charge in [0.15, 0.2) is 0 Å². The van der Waals surface area contributed by atoms with Crippen molar-refractivity contribution in [1.29, 1.82) is 5.26 Å². The fourth-order valence-electron chi connectivity index (χ4n) is 2.24. The third-order valence-corrected chi connectivity index (χ3v) is 3.73. The molecule has 22 heavy (non-hydrogen) atoms. The third kappa shape index (κ3) is 5.22. The van der Waals surface area contributed by atoms with E-state index in [4.69, 9.17) is 5.26 Å². The molecular formula is C21H25N. The van der Waals surface area contributed by atoms with Crippen molar-refractivity contribution in [3.8, 4) is 6.07 Å². The molecule has 0 aliphatic rings. The fourth-order valence-corrected chi connectivity index (χ4v) is 2.24. The number of nitriles is 1. The summed E-state index contributed by atoms with van der Waals surface area (Å²) in [5.74, 6) is 0. The second kappa shape index (κ2) is 9.58. The zero-order chi connectivity index (χ0) is 16.4. The molecule has 0 unspecified atom stereocenters. The summed E-state index contributed by atoms with van der Waals surface area (Å²) in [7, 11) is 0. The molecule has 0 atom stereocenters. The molecule has 0 aliphatic carbocycles. The van der Waals surface area contributed by atoms with Crippen LogP contribution in [0.25, 0.3) is 6.08 Å². The van der Waals surface area contributed by atoms with Gasteiger partial charge in [-0.15, -0.1) is 0 Å². The number of unbranched alkanes of at least 4 members (excludes halogenated alkanes) is 1. The lowest BCUT2D eigenvalue weighted by molar-refractivity contribution is 0.795. The second-order valence-electron chi connectivity index (χ2n) is 5.28. The molecule has 0 saturated carbocycles. The minimum Gasteiger partial charge on any atom is -0.192 e. The van der Waals surface area contributed by atoms with E-state index in [1.165, 1.54) is 24.0 Å². The highest BCUT2D eigenvalue weighted by Gasteiger charge is 2.01. The van der Waals surface area contributed by atoms with Gasteiger partial charge in [0.05, 0.1) is 11.6 Å². The first-order valence-corrected chi connectivity index (χ1v) is 7.83. The molecule has 0 bridgehead atoms. The maximum Gasteiger partial charge on any atom is 0.0994 e. The lowest BCUT2D eigenvalue weighted by atomic mass is 10.00. The number of hydrogen-bond donors (Lipinski definition) is 0. The van der Waals surface area contributed by atoms with E-state index in [0.717, 1.165) is 17.6 Å². The van der Waals surface area contributed by atoms with Crippen LogP contribution < -0.4 is 0 Å². The molecule has 0 N–H and O–H groups in total. The average molecular weight is 291 g/mol. The molecule has 0 amide bonds. The lowest BCUT2D eigenvalue weighted by Crippen LogP contribution is -1.87. The van der Waals surface area contributed by atoms with Gasteiger partial charge >= 0.3 is 0 Å². The van der Waals surface area contributed by atoms with Crippen LogP contribution in [0.15, 0.2) is 65.8 Å². The summed E-state index contributed by atoms with van der Waals surface area (Å²) in [6.07, 6.45) is 11.4. The number of allylic oxidation sites excluding steroid dienone is 6. The number of benzene rings is 1. The fraction of sp³-hybridized carbons (Fsp3) is 0.286. The van der Waals surface area contributed by atoms with E-state index in [1.54, 1.807) is 6.08 Å². The van der Waals surface area contributed by atoms with Gasteiger partial charge in [-0.1, -0.05) is 68.5 Å². The summed E-state index contributed by atoms with van der Waals surface area (Å²) in [4.78, 5) is 0. The number of aryl methyl sites for hydroxylation is 1. The zero-order valence-corrected chi connectivity index (χ0v) is 13.9. The van der Waals surface area contributed by atoms with Crippen LogP contribution >= 0.6 is 0 Å². The Morgan fingerprint density at radius 2 is 1.95 bits per heavy atom. The van der Waals surface area contributed by atoms with Gasteiger partial charge in [0.25, 0.3) is 0 Å². The molecular weight excluding hydrogens is 266 g/mol. The van der Waals surface area contributed by atoms with Crippen molar-refractivity contribution >= 4 is 6.08 Å². The minimum atomic E-state index is 0.618. The van der Waals surface area contributed by atoms with Crippen molar-refractivity contribution in [2.24, 2.45) is 0 Å². The Bertz CT molecular complexity index is 619. The van der Waals surface area contributed by atoms with Crippen LogP contribution in [0.4, 0.5) is 0 Å². The molecule has 1 nitrogen and oxygen atoms in total. The van der Waals surface area contributed by atoms with Crippen molar-refractivity contribution in [1.82, 2.24) is 0 Å². The molecule has 0 spiro atoms. The van der Waals surface area contributed by atoms with Crippen molar-refractivity contribution in [3.05, 3.63) is 76.9 Å². The maximum absolute atomic E-state index is 9.10. The molecule has 1 heteroatoms. The van der Waals surface area contributed by atoms with Gasteiger partial charge in [-0.2, -0.15) is 5.26 Å². The highest BCUT2D eigenvalue weighted by Crippen LogP contribution is 2.18. The van der Waals surface area contributed by atoms with Gasteiger partial charge in [0.2, 0.25) is 0 Å². The van der Waals surface area contributed by atoms with Crippen LogP contribution in [0.1, 0.15) is 44.7 Å². The van der Waals surface area contributed by atoms with E-state index in [9.17, 15) is 0 Å². The first kappa shape index (κ1) is 17.7. The van der Waals surface area contributed by atoms with Gasteiger partial charge in [-0.05, 0) is 49.0 Å². The Kier molecular flexibility index (Phi) is 7.72. The molecule has 0 fully saturated rings. The lowest BCUT2D eigenvalue weighted by Gasteiger charge is -2.04. The largest absolute Gasteiger partial charge is 0.192 e. The average Bonchev–Trinajstić information content (AvgIpc) is 2.55. The van der Waals surface area contributed by atoms with E-state index in [1.807, 2.05) is 19.9 Å².